The molecule has 2 aliphatic carbocycles. The van der Waals surface area contributed by atoms with Crippen LogP contribution < -0.4 is 11.1 Å². The van der Waals surface area contributed by atoms with Gasteiger partial charge in [0.25, 0.3) is 0 Å². The van der Waals surface area contributed by atoms with Crippen LogP contribution in [-0.4, -0.2) is 40.7 Å². The van der Waals surface area contributed by atoms with Crippen LogP contribution >= 0.6 is 0 Å². The molecule has 6 nitrogen and oxygen atoms in total. The van der Waals surface area contributed by atoms with Gasteiger partial charge in [-0.1, -0.05) is 107 Å². The van der Waals surface area contributed by atoms with Crippen molar-refractivity contribution in [3.05, 3.63) is 47.0 Å². The molecule has 0 spiro atoms. The van der Waals surface area contributed by atoms with Gasteiger partial charge < -0.3 is 16.0 Å². The zero-order valence-corrected chi connectivity index (χ0v) is 25.3. The highest BCUT2D eigenvalue weighted by molar-refractivity contribution is 6.03. The highest BCUT2D eigenvalue weighted by Gasteiger charge is 2.41. The van der Waals surface area contributed by atoms with Crippen molar-refractivity contribution >= 4 is 17.6 Å². The van der Waals surface area contributed by atoms with Crippen molar-refractivity contribution in [2.75, 3.05) is 6.54 Å². The van der Waals surface area contributed by atoms with Gasteiger partial charge in [-0.2, -0.15) is 0 Å². The SMILES string of the molecule is CCC[C@H]1CN(Cc2ccc(CC3=CC(=O)[C@@](CCC4CCCCC4)(CC4CCCCC4)N=C(N)C3)cc2)C(=O)N1. The van der Waals surface area contributed by atoms with E-state index in [2.05, 4.69) is 36.5 Å². The third kappa shape index (κ3) is 8.02. The highest BCUT2D eigenvalue weighted by atomic mass is 16.2. The van der Waals surface area contributed by atoms with E-state index in [1.54, 1.807) is 0 Å². The molecule has 1 saturated heterocycles. The predicted molar refractivity (Wildman–Crippen MR) is 167 cm³/mol. The van der Waals surface area contributed by atoms with Crippen LogP contribution in [-0.2, 0) is 17.8 Å². The Morgan fingerprint density at radius 3 is 2.27 bits per heavy atom. The fourth-order valence-electron chi connectivity index (χ4n) is 7.86. The number of hydrogen-bond acceptors (Lipinski definition) is 4. The van der Waals surface area contributed by atoms with Crippen LogP contribution in [0.1, 0.15) is 121 Å². The number of nitrogens with one attached hydrogen (secondary N) is 1. The van der Waals surface area contributed by atoms with Crippen LogP contribution in [0.2, 0.25) is 0 Å². The molecule has 2 aliphatic heterocycles. The van der Waals surface area contributed by atoms with Crippen molar-refractivity contribution in [3.8, 4) is 0 Å². The van der Waals surface area contributed by atoms with Crippen LogP contribution in [0.4, 0.5) is 4.79 Å². The van der Waals surface area contributed by atoms with Crippen LogP contribution in [0, 0.1) is 11.8 Å². The molecule has 3 N–H and O–H groups in total. The number of aliphatic imine (C=N–C) groups is 1. The summed E-state index contributed by atoms with van der Waals surface area (Å²) in [7, 11) is 0. The maximum Gasteiger partial charge on any atom is 0.318 e. The lowest BCUT2D eigenvalue weighted by Crippen LogP contribution is -2.40. The molecule has 0 unspecified atom stereocenters. The molecule has 6 heteroatoms. The first-order valence-electron chi connectivity index (χ1n) is 16.6. The Kier molecular flexibility index (Phi) is 10.2. The van der Waals surface area contributed by atoms with E-state index in [1.807, 2.05) is 11.0 Å². The minimum Gasteiger partial charge on any atom is -0.387 e. The molecule has 2 amide bonds. The molecule has 2 heterocycles. The molecule has 1 aromatic rings. The normalized spacial score (nSPS) is 26.5. The minimum absolute atomic E-state index is 0.0320. The van der Waals surface area contributed by atoms with Gasteiger partial charge in [-0.25, -0.2) is 4.79 Å². The number of nitrogens with two attached hydrogens (primary N) is 1. The second-order valence-electron chi connectivity index (χ2n) is 13.5. The lowest BCUT2D eigenvalue weighted by atomic mass is 9.73. The zero-order chi connectivity index (χ0) is 28.7. The lowest BCUT2D eigenvalue weighted by molar-refractivity contribution is -0.120. The maximum absolute atomic E-state index is 14.1. The Labute approximate surface area is 247 Å². The van der Waals surface area contributed by atoms with Gasteiger partial charge in [0, 0.05) is 25.6 Å². The van der Waals surface area contributed by atoms with Crippen molar-refractivity contribution in [3.63, 3.8) is 0 Å². The molecule has 3 fully saturated rings. The molecule has 224 valence electrons. The monoisotopic (exact) mass is 560 g/mol. The first-order valence-corrected chi connectivity index (χ1v) is 16.6. The fourth-order valence-corrected chi connectivity index (χ4v) is 7.86. The summed E-state index contributed by atoms with van der Waals surface area (Å²) in [6.45, 7) is 3.54. The Morgan fingerprint density at radius 2 is 1.59 bits per heavy atom. The number of nitrogens with zero attached hydrogens (tertiary/aromatic N) is 2. The van der Waals surface area contributed by atoms with Gasteiger partial charge in [-0.05, 0) is 61.1 Å². The third-order valence-corrected chi connectivity index (χ3v) is 10.1. The van der Waals surface area contributed by atoms with Gasteiger partial charge in [0.05, 0.1) is 5.84 Å². The van der Waals surface area contributed by atoms with E-state index in [0.717, 1.165) is 61.3 Å². The van der Waals surface area contributed by atoms with Gasteiger partial charge in [-0.15, -0.1) is 0 Å². The molecule has 5 rings (SSSR count). The summed E-state index contributed by atoms with van der Waals surface area (Å²) < 4.78 is 0. The number of benzene rings is 1. The first kappa shape index (κ1) is 29.8. The largest absolute Gasteiger partial charge is 0.387 e. The molecule has 0 radical (unpaired) electrons. The van der Waals surface area contributed by atoms with Gasteiger partial charge in [0.1, 0.15) is 5.54 Å². The molecule has 1 aromatic carbocycles. The molecule has 0 aromatic heterocycles. The Hall–Kier alpha value is -2.63. The van der Waals surface area contributed by atoms with E-state index < -0.39 is 5.54 Å². The summed E-state index contributed by atoms with van der Waals surface area (Å²) in [5.41, 5.74) is 9.28. The number of amides is 2. The predicted octanol–water partition coefficient (Wildman–Crippen LogP) is 7.25. The molecule has 2 atom stereocenters. The molecule has 2 saturated carbocycles. The lowest BCUT2D eigenvalue weighted by Gasteiger charge is -2.34. The van der Waals surface area contributed by atoms with Crippen molar-refractivity contribution < 1.29 is 9.59 Å². The minimum atomic E-state index is -0.679. The van der Waals surface area contributed by atoms with Crippen LogP contribution in [0.25, 0.3) is 0 Å². The molecule has 41 heavy (non-hydrogen) atoms. The van der Waals surface area contributed by atoms with E-state index in [-0.39, 0.29) is 17.9 Å². The molecule has 4 aliphatic rings. The number of urea groups is 1. The maximum atomic E-state index is 14.1. The average Bonchev–Trinajstić information content (AvgIpc) is 3.26. The Bertz CT molecular complexity index is 1100. The Balaban J connectivity index is 1.26. The summed E-state index contributed by atoms with van der Waals surface area (Å²) in [5.74, 6) is 2.12. The number of rotatable bonds is 11. The average molecular weight is 561 g/mol. The fraction of sp³-hybridized carbons (Fsp3) is 0.686. The number of ketones is 1. The van der Waals surface area contributed by atoms with E-state index in [9.17, 15) is 9.59 Å². The number of hydrogen-bond donors (Lipinski definition) is 2. The number of amidine groups is 1. The summed E-state index contributed by atoms with van der Waals surface area (Å²) in [5, 5.41) is 3.09. The second kappa shape index (κ2) is 14.0. The van der Waals surface area contributed by atoms with E-state index in [4.69, 9.17) is 10.7 Å². The van der Waals surface area contributed by atoms with E-state index >= 15 is 0 Å². The van der Waals surface area contributed by atoms with Crippen molar-refractivity contribution in [1.82, 2.24) is 10.2 Å². The van der Waals surface area contributed by atoms with Crippen LogP contribution in [0.15, 0.2) is 40.9 Å². The third-order valence-electron chi connectivity index (χ3n) is 10.1. The van der Waals surface area contributed by atoms with Crippen molar-refractivity contribution in [2.24, 2.45) is 22.6 Å². The summed E-state index contributed by atoms with van der Waals surface area (Å²) in [6, 6.07) is 8.79. The smallest absolute Gasteiger partial charge is 0.318 e. The summed E-state index contributed by atoms with van der Waals surface area (Å²) in [4.78, 5) is 33.5. The number of carbonyl (C=O) groups is 2. The van der Waals surface area contributed by atoms with Gasteiger partial charge >= 0.3 is 6.03 Å². The van der Waals surface area contributed by atoms with Gasteiger partial charge in [0.15, 0.2) is 5.78 Å². The summed E-state index contributed by atoms with van der Waals surface area (Å²) >= 11 is 0. The van der Waals surface area contributed by atoms with E-state index in [1.165, 1.54) is 64.2 Å². The number of carbonyl (C=O) groups excluding carboxylic acids is 2. The zero-order valence-electron chi connectivity index (χ0n) is 25.3. The first-order chi connectivity index (χ1) is 19.9. The van der Waals surface area contributed by atoms with Gasteiger partial charge in [-0.3, -0.25) is 9.79 Å². The van der Waals surface area contributed by atoms with Crippen LogP contribution in [0.5, 0.6) is 0 Å². The quantitative estimate of drug-likeness (QED) is 0.299. The highest BCUT2D eigenvalue weighted by Crippen LogP contribution is 2.40. The van der Waals surface area contributed by atoms with Gasteiger partial charge in [0.2, 0.25) is 0 Å². The topological polar surface area (TPSA) is 87.8 Å². The standard InChI is InChI=1S/C35H52N4O2/c1-2-9-31-25-39(34(41)37-31)24-29-16-14-27(15-17-29)20-30-21-32(40)35(38-33(36)22-30,23-28-12-7-4-8-13-28)19-18-26-10-5-3-6-11-26/h14-17,21,26,28,31H,2-13,18-20,22-25H2,1H3,(H2,36,38)(H,37,41)/t31-,35+/m0/s1. The van der Waals surface area contributed by atoms with Crippen molar-refractivity contribution in [1.29, 1.82) is 0 Å². The molecular weight excluding hydrogens is 508 g/mol. The van der Waals surface area contributed by atoms with Crippen molar-refractivity contribution in [2.45, 2.75) is 134 Å². The molecular formula is C35H52N4O2. The summed E-state index contributed by atoms with van der Waals surface area (Å²) in [6.07, 6.45) is 21.0. The van der Waals surface area contributed by atoms with E-state index in [0.29, 0.717) is 31.1 Å². The Morgan fingerprint density at radius 1 is 0.927 bits per heavy atom. The second-order valence-corrected chi connectivity index (χ2v) is 13.5. The van der Waals surface area contributed by atoms with Crippen LogP contribution in [0.3, 0.4) is 0 Å². The molecule has 0 bridgehead atoms.